The molecule has 0 radical (unpaired) electrons. The van der Waals surface area contributed by atoms with E-state index in [0.29, 0.717) is 0 Å². The number of hydrogen-bond acceptors (Lipinski definition) is 4. The number of benzene rings is 1. The molecule has 2 aromatic rings. The third-order valence-electron chi connectivity index (χ3n) is 3.69. The Balaban J connectivity index is 1.82. The number of nitrogens with zero attached hydrogens (tertiary/aromatic N) is 2. The SMILES string of the molecule is Nc1ccc2c(NCC3CCCC3)ncnc2c1. The molecule has 1 aliphatic rings. The van der Waals surface area contributed by atoms with Gasteiger partial charge in [-0.05, 0) is 37.0 Å². The standard InChI is InChI=1S/C14H18N4/c15-11-5-6-12-13(7-11)17-9-18-14(12)16-8-10-3-1-2-4-10/h5-7,9-10H,1-4,8,15H2,(H,16,17,18). The molecule has 0 spiro atoms. The quantitative estimate of drug-likeness (QED) is 0.812. The highest BCUT2D eigenvalue weighted by atomic mass is 15.0. The molecule has 1 saturated carbocycles. The van der Waals surface area contributed by atoms with Gasteiger partial charge in [-0.1, -0.05) is 12.8 Å². The largest absolute Gasteiger partial charge is 0.399 e. The van der Waals surface area contributed by atoms with E-state index < -0.39 is 0 Å². The third kappa shape index (κ3) is 2.23. The monoisotopic (exact) mass is 242 g/mol. The Morgan fingerprint density at radius 2 is 2.06 bits per heavy atom. The van der Waals surface area contributed by atoms with Crippen LogP contribution in [0.15, 0.2) is 24.5 Å². The number of nitrogens with two attached hydrogens (primary N) is 1. The van der Waals surface area contributed by atoms with Gasteiger partial charge in [0.2, 0.25) is 0 Å². The predicted molar refractivity (Wildman–Crippen MR) is 74.4 cm³/mol. The molecule has 18 heavy (non-hydrogen) atoms. The van der Waals surface area contributed by atoms with E-state index in [2.05, 4.69) is 15.3 Å². The van der Waals surface area contributed by atoms with Gasteiger partial charge in [-0.3, -0.25) is 0 Å². The van der Waals surface area contributed by atoms with Crippen LogP contribution in [-0.4, -0.2) is 16.5 Å². The Morgan fingerprint density at radius 3 is 2.89 bits per heavy atom. The Morgan fingerprint density at radius 1 is 1.22 bits per heavy atom. The third-order valence-corrected chi connectivity index (χ3v) is 3.69. The topological polar surface area (TPSA) is 63.8 Å². The van der Waals surface area contributed by atoms with Crippen molar-refractivity contribution < 1.29 is 0 Å². The molecule has 0 aliphatic heterocycles. The number of anilines is 2. The van der Waals surface area contributed by atoms with Crippen LogP contribution in [0.1, 0.15) is 25.7 Å². The molecule has 0 amide bonds. The Hall–Kier alpha value is -1.84. The van der Waals surface area contributed by atoms with Gasteiger partial charge in [-0.2, -0.15) is 0 Å². The van der Waals surface area contributed by atoms with E-state index in [0.717, 1.165) is 34.9 Å². The van der Waals surface area contributed by atoms with Crippen LogP contribution in [0.3, 0.4) is 0 Å². The van der Waals surface area contributed by atoms with Crippen LogP contribution < -0.4 is 11.1 Å². The first-order chi connectivity index (χ1) is 8.83. The van der Waals surface area contributed by atoms with E-state index in [-0.39, 0.29) is 0 Å². The van der Waals surface area contributed by atoms with E-state index >= 15 is 0 Å². The summed E-state index contributed by atoms with van der Waals surface area (Å²) in [7, 11) is 0. The molecule has 0 atom stereocenters. The molecule has 0 bridgehead atoms. The van der Waals surface area contributed by atoms with Gasteiger partial charge in [0.1, 0.15) is 12.1 Å². The summed E-state index contributed by atoms with van der Waals surface area (Å²) in [6.07, 6.45) is 7.01. The van der Waals surface area contributed by atoms with Crippen LogP contribution >= 0.6 is 0 Å². The predicted octanol–water partition coefficient (Wildman–Crippen LogP) is 2.81. The van der Waals surface area contributed by atoms with Gasteiger partial charge >= 0.3 is 0 Å². The van der Waals surface area contributed by atoms with Gasteiger partial charge in [0.25, 0.3) is 0 Å². The molecule has 1 aromatic heterocycles. The number of aromatic nitrogens is 2. The van der Waals surface area contributed by atoms with Gasteiger partial charge < -0.3 is 11.1 Å². The fourth-order valence-corrected chi connectivity index (χ4v) is 2.67. The molecular formula is C14H18N4. The van der Waals surface area contributed by atoms with Crippen LogP contribution in [0, 0.1) is 5.92 Å². The maximum Gasteiger partial charge on any atom is 0.137 e. The minimum Gasteiger partial charge on any atom is -0.399 e. The summed E-state index contributed by atoms with van der Waals surface area (Å²) in [6, 6.07) is 5.77. The lowest BCUT2D eigenvalue weighted by atomic mass is 10.1. The van der Waals surface area contributed by atoms with Crippen LogP contribution in [-0.2, 0) is 0 Å². The molecule has 3 N–H and O–H groups in total. The first kappa shape index (κ1) is 11.3. The first-order valence-electron chi connectivity index (χ1n) is 6.57. The number of nitrogens with one attached hydrogen (secondary N) is 1. The molecule has 1 heterocycles. The minimum absolute atomic E-state index is 0.739. The second-order valence-corrected chi connectivity index (χ2v) is 5.03. The highest BCUT2D eigenvalue weighted by Crippen LogP contribution is 2.26. The lowest BCUT2D eigenvalue weighted by Crippen LogP contribution is -2.12. The van der Waals surface area contributed by atoms with Gasteiger partial charge in [-0.15, -0.1) is 0 Å². The van der Waals surface area contributed by atoms with Gasteiger partial charge in [0.05, 0.1) is 5.52 Å². The van der Waals surface area contributed by atoms with Crippen LogP contribution in [0.5, 0.6) is 0 Å². The van der Waals surface area contributed by atoms with E-state index in [1.165, 1.54) is 25.7 Å². The van der Waals surface area contributed by atoms with Crippen molar-refractivity contribution in [2.45, 2.75) is 25.7 Å². The number of nitrogen functional groups attached to an aromatic ring is 1. The summed E-state index contributed by atoms with van der Waals surface area (Å²) in [5.74, 6) is 1.72. The van der Waals surface area contributed by atoms with Crippen LogP contribution in [0.25, 0.3) is 10.9 Å². The first-order valence-corrected chi connectivity index (χ1v) is 6.57. The molecule has 1 aromatic carbocycles. The summed E-state index contributed by atoms with van der Waals surface area (Å²) in [6.45, 7) is 1.01. The van der Waals surface area contributed by atoms with Crippen LogP contribution in [0.4, 0.5) is 11.5 Å². The summed E-state index contributed by atoms with van der Waals surface area (Å²) in [5.41, 5.74) is 7.41. The Labute approximate surface area is 107 Å². The van der Waals surface area contributed by atoms with E-state index in [1.54, 1.807) is 6.33 Å². The summed E-state index contributed by atoms with van der Waals surface area (Å²) >= 11 is 0. The zero-order valence-electron chi connectivity index (χ0n) is 10.4. The van der Waals surface area contributed by atoms with Crippen LogP contribution in [0.2, 0.25) is 0 Å². The van der Waals surface area contributed by atoms with Crippen molar-refractivity contribution in [1.29, 1.82) is 0 Å². The molecular weight excluding hydrogens is 224 g/mol. The van der Waals surface area contributed by atoms with E-state index in [9.17, 15) is 0 Å². The normalized spacial score (nSPS) is 16.2. The second-order valence-electron chi connectivity index (χ2n) is 5.03. The van der Waals surface area contributed by atoms with Gasteiger partial charge in [0.15, 0.2) is 0 Å². The number of fused-ring (bicyclic) bond motifs is 1. The van der Waals surface area contributed by atoms with Crippen molar-refractivity contribution >= 4 is 22.4 Å². The lowest BCUT2D eigenvalue weighted by Gasteiger charge is -2.12. The fourth-order valence-electron chi connectivity index (χ4n) is 2.67. The average molecular weight is 242 g/mol. The highest BCUT2D eigenvalue weighted by Gasteiger charge is 2.15. The zero-order valence-corrected chi connectivity index (χ0v) is 10.4. The van der Waals surface area contributed by atoms with Crippen molar-refractivity contribution in [3.63, 3.8) is 0 Å². The molecule has 1 fully saturated rings. The van der Waals surface area contributed by atoms with Crippen molar-refractivity contribution in [2.24, 2.45) is 5.92 Å². The minimum atomic E-state index is 0.739. The lowest BCUT2D eigenvalue weighted by molar-refractivity contribution is 0.579. The smallest absolute Gasteiger partial charge is 0.137 e. The maximum absolute atomic E-state index is 5.77. The molecule has 1 aliphatic carbocycles. The van der Waals surface area contributed by atoms with Crippen molar-refractivity contribution in [1.82, 2.24) is 9.97 Å². The van der Waals surface area contributed by atoms with E-state index in [4.69, 9.17) is 5.73 Å². The van der Waals surface area contributed by atoms with Crippen molar-refractivity contribution in [3.05, 3.63) is 24.5 Å². The van der Waals surface area contributed by atoms with Crippen molar-refractivity contribution in [3.8, 4) is 0 Å². The summed E-state index contributed by atoms with van der Waals surface area (Å²) in [4.78, 5) is 8.59. The molecule has 4 nitrogen and oxygen atoms in total. The second kappa shape index (κ2) is 4.80. The molecule has 94 valence electrons. The average Bonchev–Trinajstić information content (AvgIpc) is 2.89. The van der Waals surface area contributed by atoms with E-state index in [1.807, 2.05) is 18.2 Å². The highest BCUT2D eigenvalue weighted by molar-refractivity contribution is 5.90. The maximum atomic E-state index is 5.77. The molecule has 3 rings (SSSR count). The Kier molecular flexibility index (Phi) is 3.00. The molecule has 4 heteroatoms. The summed E-state index contributed by atoms with van der Waals surface area (Å²) < 4.78 is 0. The zero-order chi connectivity index (χ0) is 12.4. The fraction of sp³-hybridized carbons (Fsp3) is 0.429. The van der Waals surface area contributed by atoms with Gasteiger partial charge in [0, 0.05) is 17.6 Å². The molecule has 0 saturated heterocycles. The number of rotatable bonds is 3. The summed E-state index contributed by atoms with van der Waals surface area (Å²) in [5, 5.41) is 4.50. The Bertz CT molecular complexity index is 546. The number of hydrogen-bond donors (Lipinski definition) is 2. The van der Waals surface area contributed by atoms with Crippen molar-refractivity contribution in [2.75, 3.05) is 17.6 Å². The molecule has 0 unspecified atom stereocenters. The van der Waals surface area contributed by atoms with Gasteiger partial charge in [-0.25, -0.2) is 9.97 Å².